The van der Waals surface area contributed by atoms with Crippen molar-refractivity contribution < 1.29 is 9.47 Å². The summed E-state index contributed by atoms with van der Waals surface area (Å²) >= 11 is 0. The fraction of sp³-hybridized carbons (Fsp3) is 0.333. The van der Waals surface area contributed by atoms with Crippen LogP contribution in [0.4, 0.5) is 0 Å². The molecule has 3 rings (SSSR count). The summed E-state index contributed by atoms with van der Waals surface area (Å²) in [6.07, 6.45) is 0.954. The molecule has 0 spiro atoms. The fourth-order valence-electron chi connectivity index (χ4n) is 2.86. The summed E-state index contributed by atoms with van der Waals surface area (Å²) in [5, 5.41) is 0. The highest BCUT2D eigenvalue weighted by molar-refractivity contribution is 5.75. The van der Waals surface area contributed by atoms with Gasteiger partial charge in [-0.05, 0) is 32.9 Å². The molecule has 0 amide bonds. The number of hydrogen-bond acceptors (Lipinski definition) is 2. The first-order valence-electron chi connectivity index (χ1n) is 7.09. The lowest BCUT2D eigenvalue weighted by molar-refractivity contribution is 0.0570. The Morgan fingerprint density at radius 2 is 1.45 bits per heavy atom. The quantitative estimate of drug-likeness (QED) is 0.690. The van der Waals surface area contributed by atoms with Gasteiger partial charge in [-0.2, -0.15) is 0 Å². The molecule has 0 saturated carbocycles. The van der Waals surface area contributed by atoms with Crippen LogP contribution in [-0.2, 0) is 0 Å². The summed E-state index contributed by atoms with van der Waals surface area (Å²) < 4.78 is 12.4. The van der Waals surface area contributed by atoms with Gasteiger partial charge in [0.15, 0.2) is 0 Å². The van der Waals surface area contributed by atoms with Crippen LogP contribution >= 0.6 is 0 Å². The molecule has 1 heterocycles. The highest BCUT2D eigenvalue weighted by Gasteiger charge is 2.28. The van der Waals surface area contributed by atoms with Crippen molar-refractivity contribution in [3.05, 3.63) is 48.5 Å². The first kappa shape index (κ1) is 13.0. The van der Waals surface area contributed by atoms with Crippen LogP contribution in [0.5, 0.6) is 11.5 Å². The van der Waals surface area contributed by atoms with E-state index in [0.29, 0.717) is 0 Å². The van der Waals surface area contributed by atoms with Crippen LogP contribution in [0.3, 0.4) is 0 Å². The van der Waals surface area contributed by atoms with Crippen LogP contribution < -0.4 is 9.47 Å². The molecule has 0 radical (unpaired) electrons. The number of hydrogen-bond donors (Lipinski definition) is 0. The number of benzene rings is 2. The Bertz CT molecular complexity index is 616. The van der Waals surface area contributed by atoms with Crippen LogP contribution in [0.1, 0.15) is 27.2 Å². The first-order valence-corrected chi connectivity index (χ1v) is 7.09. The number of para-hydroxylation sites is 2. The van der Waals surface area contributed by atoms with Crippen molar-refractivity contribution in [2.45, 2.75) is 38.9 Å². The van der Waals surface area contributed by atoms with Gasteiger partial charge in [0.1, 0.15) is 17.1 Å². The van der Waals surface area contributed by atoms with Gasteiger partial charge < -0.3 is 9.47 Å². The van der Waals surface area contributed by atoms with Gasteiger partial charge in [0, 0.05) is 17.5 Å². The van der Waals surface area contributed by atoms with Crippen LogP contribution in [0.2, 0.25) is 0 Å². The van der Waals surface area contributed by atoms with Gasteiger partial charge in [-0.1, -0.05) is 36.4 Å². The molecule has 2 nitrogen and oxygen atoms in total. The maximum absolute atomic E-state index is 6.25. The van der Waals surface area contributed by atoms with E-state index in [0.717, 1.165) is 29.0 Å². The molecule has 2 heteroatoms. The zero-order chi connectivity index (χ0) is 14.2. The molecule has 1 aliphatic heterocycles. The number of fused-ring (bicyclic) bond motifs is 3. The van der Waals surface area contributed by atoms with Gasteiger partial charge in [-0.3, -0.25) is 0 Å². The van der Waals surface area contributed by atoms with Crippen molar-refractivity contribution >= 4 is 0 Å². The topological polar surface area (TPSA) is 18.5 Å². The Morgan fingerprint density at radius 1 is 0.900 bits per heavy atom. The summed E-state index contributed by atoms with van der Waals surface area (Å²) in [6.45, 7) is 6.32. The van der Waals surface area contributed by atoms with Crippen molar-refractivity contribution in [3.8, 4) is 22.6 Å². The zero-order valence-electron chi connectivity index (χ0n) is 12.2. The van der Waals surface area contributed by atoms with Gasteiger partial charge in [-0.25, -0.2) is 0 Å². The summed E-state index contributed by atoms with van der Waals surface area (Å²) in [5.74, 6) is 1.84. The average Bonchev–Trinajstić information content (AvgIpc) is 2.42. The summed E-state index contributed by atoms with van der Waals surface area (Å²) in [4.78, 5) is 0. The molecule has 0 aromatic heterocycles. The van der Waals surface area contributed by atoms with Gasteiger partial charge in [0.05, 0.1) is 6.10 Å². The highest BCUT2D eigenvalue weighted by Crippen LogP contribution is 2.40. The molecule has 0 fully saturated rings. The molecule has 104 valence electrons. The van der Waals surface area contributed by atoms with E-state index in [4.69, 9.17) is 9.47 Å². The molecule has 0 saturated heterocycles. The van der Waals surface area contributed by atoms with Crippen LogP contribution in [0.15, 0.2) is 48.5 Å². The van der Waals surface area contributed by atoms with E-state index < -0.39 is 0 Å². The van der Waals surface area contributed by atoms with Gasteiger partial charge >= 0.3 is 0 Å². The Kier molecular flexibility index (Phi) is 3.17. The smallest absolute Gasteiger partial charge is 0.128 e. The van der Waals surface area contributed by atoms with Crippen molar-refractivity contribution in [3.63, 3.8) is 0 Å². The van der Waals surface area contributed by atoms with Gasteiger partial charge in [0.2, 0.25) is 0 Å². The Morgan fingerprint density at radius 3 is 2.15 bits per heavy atom. The highest BCUT2D eigenvalue weighted by atomic mass is 16.5. The zero-order valence-corrected chi connectivity index (χ0v) is 12.2. The second kappa shape index (κ2) is 4.86. The summed E-state index contributed by atoms with van der Waals surface area (Å²) in [6, 6.07) is 16.3. The van der Waals surface area contributed by atoms with Crippen molar-refractivity contribution in [2.24, 2.45) is 0 Å². The molecule has 1 unspecified atom stereocenters. The predicted molar refractivity (Wildman–Crippen MR) is 81.3 cm³/mol. The van der Waals surface area contributed by atoms with Gasteiger partial charge in [0.25, 0.3) is 0 Å². The molecule has 0 N–H and O–H groups in total. The minimum absolute atomic E-state index is 0.112. The molecular formula is C18H20O2. The normalized spacial score (nSPS) is 20.2. The molecule has 2 aromatic carbocycles. The second-order valence-corrected chi connectivity index (χ2v) is 5.99. The molecule has 1 aliphatic rings. The second-order valence-electron chi connectivity index (χ2n) is 5.99. The van der Waals surface area contributed by atoms with E-state index >= 15 is 0 Å². The first-order chi connectivity index (χ1) is 9.55. The standard InChI is InChI=1S/C18H20O2/c1-13-12-18(2,3)20-17-11-7-5-9-15(17)14-8-4-6-10-16(14)19-13/h4-11,13H,12H2,1-3H3. The van der Waals surface area contributed by atoms with Crippen LogP contribution in [-0.4, -0.2) is 11.7 Å². The van der Waals surface area contributed by atoms with E-state index in [1.54, 1.807) is 0 Å². The lowest BCUT2D eigenvalue weighted by atomic mass is 10.0. The summed E-state index contributed by atoms with van der Waals surface area (Å²) in [5.41, 5.74) is 1.93. The SMILES string of the molecule is CC1CC(C)(C)Oc2ccccc2-c2ccccc2O1. The number of rotatable bonds is 0. The van der Waals surface area contributed by atoms with E-state index in [-0.39, 0.29) is 11.7 Å². The molecule has 1 atom stereocenters. The third kappa shape index (κ3) is 2.51. The Balaban J connectivity index is 2.19. The molecule has 2 aromatic rings. The van der Waals surface area contributed by atoms with Gasteiger partial charge in [-0.15, -0.1) is 0 Å². The lowest BCUT2D eigenvalue weighted by Gasteiger charge is -2.28. The maximum atomic E-state index is 6.25. The Hall–Kier alpha value is -1.96. The fourth-order valence-corrected chi connectivity index (χ4v) is 2.86. The van der Waals surface area contributed by atoms with Crippen molar-refractivity contribution in [2.75, 3.05) is 0 Å². The van der Waals surface area contributed by atoms with Crippen molar-refractivity contribution in [1.82, 2.24) is 0 Å². The van der Waals surface area contributed by atoms with Crippen LogP contribution in [0, 0.1) is 0 Å². The third-order valence-electron chi connectivity index (χ3n) is 3.56. The lowest BCUT2D eigenvalue weighted by Crippen LogP contribution is -2.33. The largest absolute Gasteiger partial charge is 0.490 e. The van der Waals surface area contributed by atoms with Crippen LogP contribution in [0.25, 0.3) is 11.1 Å². The minimum Gasteiger partial charge on any atom is -0.490 e. The molecule has 20 heavy (non-hydrogen) atoms. The van der Waals surface area contributed by atoms with E-state index in [1.165, 1.54) is 0 Å². The van der Waals surface area contributed by atoms with E-state index in [2.05, 4.69) is 32.9 Å². The third-order valence-corrected chi connectivity index (χ3v) is 3.56. The maximum Gasteiger partial charge on any atom is 0.128 e. The van der Waals surface area contributed by atoms with Crippen molar-refractivity contribution in [1.29, 1.82) is 0 Å². The molecule has 0 aliphatic carbocycles. The molecule has 0 bridgehead atoms. The summed E-state index contributed by atoms with van der Waals surface area (Å²) in [7, 11) is 0. The number of ether oxygens (including phenoxy) is 2. The predicted octanol–water partition coefficient (Wildman–Crippen LogP) is 4.68. The molecular weight excluding hydrogens is 248 g/mol. The van der Waals surface area contributed by atoms with E-state index in [1.807, 2.05) is 36.4 Å². The minimum atomic E-state index is -0.252. The monoisotopic (exact) mass is 268 g/mol. The Labute approximate surface area is 120 Å². The van der Waals surface area contributed by atoms with E-state index in [9.17, 15) is 0 Å². The average molecular weight is 268 g/mol.